The molecule has 0 spiro atoms. The van der Waals surface area contributed by atoms with Gasteiger partial charge in [0.2, 0.25) is 0 Å². The minimum atomic E-state index is -5.00. The van der Waals surface area contributed by atoms with Gasteiger partial charge in [-0.15, -0.1) is 0 Å². The maximum atomic E-state index is 13.1. The fourth-order valence-electron chi connectivity index (χ4n) is 10.3. The zero-order valence-corrected chi connectivity index (χ0v) is 65.8. The summed E-state index contributed by atoms with van der Waals surface area (Å²) in [6, 6.07) is 0. The van der Waals surface area contributed by atoms with E-state index in [-0.39, 0.29) is 25.7 Å². The van der Waals surface area contributed by atoms with Gasteiger partial charge < -0.3 is 33.8 Å². The molecule has 0 aromatic carbocycles. The first-order valence-electron chi connectivity index (χ1n) is 39.8. The Balaban J connectivity index is 5.47. The summed E-state index contributed by atoms with van der Waals surface area (Å²) in [6.45, 7) is 4.67. The lowest BCUT2D eigenvalue weighted by atomic mass is 10.0. The van der Waals surface area contributed by atoms with Crippen molar-refractivity contribution in [3.05, 3.63) is 122 Å². The molecule has 0 rings (SSSR count). The van der Waals surface area contributed by atoms with Crippen molar-refractivity contribution in [1.82, 2.24) is 0 Å². The molecule has 0 saturated heterocycles. The maximum Gasteiger partial charge on any atom is 0.472 e. The number of carbonyl (C=O) groups is 4. The van der Waals surface area contributed by atoms with Gasteiger partial charge in [-0.25, -0.2) is 9.13 Å². The first kappa shape index (κ1) is 97.5. The van der Waals surface area contributed by atoms with Gasteiger partial charge in [0.25, 0.3) is 0 Å². The van der Waals surface area contributed by atoms with Gasteiger partial charge in [-0.05, 0) is 135 Å². The summed E-state index contributed by atoms with van der Waals surface area (Å²) in [6.07, 6.45) is 81.9. The summed E-state index contributed by atoms with van der Waals surface area (Å²) in [5.74, 6) is -2.31. The van der Waals surface area contributed by atoms with Gasteiger partial charge in [0.05, 0.1) is 26.4 Å². The van der Waals surface area contributed by atoms with Crippen LogP contribution in [0.3, 0.4) is 0 Å². The fraction of sp³-hybridized carbons (Fsp3) is 0.711. The van der Waals surface area contributed by atoms with Crippen molar-refractivity contribution in [3.8, 4) is 0 Å². The Morgan fingerprint density at radius 1 is 0.275 bits per heavy atom. The molecular weight excluding hydrogens is 1330 g/mol. The lowest BCUT2D eigenvalue weighted by Crippen LogP contribution is -2.30. The maximum absolute atomic E-state index is 13.1. The second kappa shape index (κ2) is 74.7. The second-order valence-electron chi connectivity index (χ2n) is 26.3. The summed E-state index contributed by atoms with van der Waals surface area (Å²) >= 11 is 0. The van der Waals surface area contributed by atoms with E-state index in [2.05, 4.69) is 125 Å². The monoisotopic (exact) mass is 1470 g/mol. The van der Waals surface area contributed by atoms with E-state index >= 15 is 0 Å². The summed E-state index contributed by atoms with van der Waals surface area (Å²) in [4.78, 5) is 72.9. The number of unbranched alkanes of at least 4 members (excludes halogenated alkanes) is 28. The van der Waals surface area contributed by atoms with Crippen LogP contribution in [0.4, 0.5) is 0 Å². The van der Waals surface area contributed by atoms with E-state index in [0.29, 0.717) is 38.5 Å². The van der Waals surface area contributed by atoms with E-state index in [4.69, 9.17) is 37.0 Å². The molecule has 5 atom stereocenters. The molecule has 3 N–H and O–H groups in total. The van der Waals surface area contributed by atoms with E-state index in [1.807, 2.05) is 24.3 Å². The number of hydrogen-bond donors (Lipinski definition) is 3. The van der Waals surface area contributed by atoms with E-state index in [1.165, 1.54) is 109 Å². The van der Waals surface area contributed by atoms with E-state index in [0.717, 1.165) is 122 Å². The van der Waals surface area contributed by atoms with E-state index in [9.17, 15) is 43.2 Å². The number of carbonyl (C=O) groups excluding carboxylic acids is 4. The molecule has 0 radical (unpaired) electrons. The van der Waals surface area contributed by atoms with E-state index in [1.54, 1.807) is 0 Å². The van der Waals surface area contributed by atoms with Crippen LogP contribution in [0, 0.1) is 0 Å². The van der Waals surface area contributed by atoms with Gasteiger partial charge in [0.15, 0.2) is 12.2 Å². The van der Waals surface area contributed by atoms with Gasteiger partial charge in [0.1, 0.15) is 19.3 Å². The number of phosphoric acid groups is 2. The summed E-state index contributed by atoms with van der Waals surface area (Å²) in [5.41, 5.74) is 0. The molecule has 0 aromatic rings. The lowest BCUT2D eigenvalue weighted by molar-refractivity contribution is -0.161. The Bertz CT molecular complexity index is 2410. The number of allylic oxidation sites excluding steroid dienone is 20. The van der Waals surface area contributed by atoms with Crippen LogP contribution in [-0.4, -0.2) is 96.7 Å². The number of phosphoric ester groups is 2. The Morgan fingerprint density at radius 3 is 0.784 bits per heavy atom. The van der Waals surface area contributed by atoms with Crippen molar-refractivity contribution in [1.29, 1.82) is 0 Å². The van der Waals surface area contributed by atoms with Crippen LogP contribution < -0.4 is 0 Å². The highest BCUT2D eigenvalue weighted by atomic mass is 31.2. The highest BCUT2D eigenvalue weighted by Crippen LogP contribution is 2.45. The summed E-state index contributed by atoms with van der Waals surface area (Å²) < 4.78 is 68.4. The van der Waals surface area contributed by atoms with Gasteiger partial charge in [-0.3, -0.25) is 37.3 Å². The fourth-order valence-corrected chi connectivity index (χ4v) is 11.9. The standard InChI is InChI=1S/C83H142O17P2/c1-5-9-13-17-21-25-29-33-36-38-41-45-49-53-57-61-65-69-82(87)99-78(73-93-80(85)67-63-59-55-51-47-43-32-28-24-20-16-12-8-4)75-97-101(89,90)95-71-77(84)72-96-102(91,92)98-76-79(74-94-81(86)68-64-60-56-52-48-44-40-35-31-27-23-19-15-11-7-3)100-83(88)70-66-62-58-54-50-46-42-39-37-34-30-26-22-18-14-10-6-2/h21-23,25-27,33-37,40-42,45-46,53-54,57-58,77-79,84H,5-20,24,28-32,38-39,43-44,47-52,55-56,59-76H2,1-4H3,(H,89,90)(H,91,92)/b25-21-,26-22-,27-23-,36-33-,37-34-,40-35-,45-41-,46-42-,57-53-,58-54-/t77-,78-,79-/m1/s1. The Kier molecular flexibility index (Phi) is 71.4. The third kappa shape index (κ3) is 73.8. The van der Waals surface area contributed by atoms with Crippen molar-refractivity contribution in [2.24, 2.45) is 0 Å². The number of hydrogen-bond acceptors (Lipinski definition) is 15. The van der Waals surface area contributed by atoms with Gasteiger partial charge in [0, 0.05) is 25.7 Å². The van der Waals surface area contributed by atoms with Gasteiger partial charge in [-0.1, -0.05) is 284 Å². The number of ether oxygens (including phenoxy) is 4. The van der Waals surface area contributed by atoms with Crippen LogP contribution in [0.5, 0.6) is 0 Å². The largest absolute Gasteiger partial charge is 0.472 e. The number of esters is 4. The van der Waals surface area contributed by atoms with Crippen molar-refractivity contribution < 1.29 is 80.2 Å². The predicted molar refractivity (Wildman–Crippen MR) is 418 cm³/mol. The SMILES string of the molecule is CCCCC/C=C\C/C=C\C/C=C\C/C=C\CCCC(=O)O[C@H](COC(=O)CCCCCCC/C=C\C/C=C\CCCCC)COP(=O)(O)OC[C@H](O)COP(=O)(O)OC[C@@H](COC(=O)CCCCCCCCCCCCCCC)OC(=O)CCC/C=C\C/C=C\C/C=C\C/C=C\CCCCC. The molecule has 0 amide bonds. The van der Waals surface area contributed by atoms with Crippen molar-refractivity contribution in [3.63, 3.8) is 0 Å². The Labute approximate surface area is 619 Å². The molecule has 0 fully saturated rings. The van der Waals surface area contributed by atoms with E-state index < -0.39 is 97.5 Å². The molecule has 586 valence electrons. The van der Waals surface area contributed by atoms with Gasteiger partial charge in [-0.2, -0.15) is 0 Å². The molecule has 19 heteroatoms. The Hall–Kier alpha value is -4.54. The number of rotatable bonds is 74. The first-order chi connectivity index (χ1) is 49.7. The third-order valence-electron chi connectivity index (χ3n) is 16.4. The molecule has 102 heavy (non-hydrogen) atoms. The minimum absolute atomic E-state index is 0.0129. The van der Waals surface area contributed by atoms with Gasteiger partial charge >= 0.3 is 39.5 Å². The molecule has 0 aliphatic heterocycles. The van der Waals surface area contributed by atoms with Crippen LogP contribution in [0.1, 0.15) is 323 Å². The Morgan fingerprint density at radius 2 is 0.490 bits per heavy atom. The quantitative estimate of drug-likeness (QED) is 0.0169. The summed E-state index contributed by atoms with van der Waals surface area (Å²) in [7, 11) is -9.99. The normalized spacial score (nSPS) is 14.5. The third-order valence-corrected chi connectivity index (χ3v) is 18.3. The second-order valence-corrected chi connectivity index (χ2v) is 29.2. The molecule has 0 saturated carbocycles. The minimum Gasteiger partial charge on any atom is -0.462 e. The van der Waals surface area contributed by atoms with Crippen LogP contribution in [-0.2, 0) is 65.4 Å². The molecule has 0 aromatic heterocycles. The molecule has 0 heterocycles. The van der Waals surface area contributed by atoms with Crippen LogP contribution in [0.25, 0.3) is 0 Å². The zero-order chi connectivity index (χ0) is 74.6. The van der Waals surface area contributed by atoms with Crippen molar-refractivity contribution in [2.45, 2.75) is 341 Å². The van der Waals surface area contributed by atoms with Crippen LogP contribution in [0.15, 0.2) is 122 Å². The van der Waals surface area contributed by atoms with Crippen molar-refractivity contribution in [2.75, 3.05) is 39.6 Å². The topological polar surface area (TPSA) is 237 Å². The highest BCUT2D eigenvalue weighted by Gasteiger charge is 2.30. The molecule has 0 aliphatic rings. The molecule has 0 aliphatic carbocycles. The molecule has 2 unspecified atom stereocenters. The molecule has 0 bridgehead atoms. The summed E-state index contributed by atoms with van der Waals surface area (Å²) in [5, 5.41) is 10.6. The predicted octanol–water partition coefficient (Wildman–Crippen LogP) is 23.1. The van der Waals surface area contributed by atoms with Crippen molar-refractivity contribution >= 4 is 39.5 Å². The zero-order valence-electron chi connectivity index (χ0n) is 64.0. The first-order valence-corrected chi connectivity index (χ1v) is 42.8. The lowest BCUT2D eigenvalue weighted by Gasteiger charge is -2.21. The average Bonchev–Trinajstić information content (AvgIpc) is 0.966. The van der Waals surface area contributed by atoms with Crippen LogP contribution >= 0.6 is 15.6 Å². The van der Waals surface area contributed by atoms with Crippen LogP contribution in [0.2, 0.25) is 0 Å². The average molecular weight is 1470 g/mol. The highest BCUT2D eigenvalue weighted by molar-refractivity contribution is 7.47. The molecule has 17 nitrogen and oxygen atoms in total. The smallest absolute Gasteiger partial charge is 0.462 e. The number of aliphatic hydroxyl groups excluding tert-OH is 1. The number of aliphatic hydroxyl groups is 1. The molecular formula is C83H142O17P2.